The summed E-state index contributed by atoms with van der Waals surface area (Å²) < 4.78 is 26.5. The molecule has 0 radical (unpaired) electrons. The highest BCUT2D eigenvalue weighted by Crippen LogP contribution is 2.24. The van der Waals surface area contributed by atoms with Gasteiger partial charge in [-0.15, -0.1) is 0 Å². The molecule has 0 saturated heterocycles. The van der Waals surface area contributed by atoms with E-state index in [1.165, 1.54) is 14.1 Å². The molecule has 0 aliphatic carbocycles. The third kappa shape index (κ3) is 4.92. The highest BCUT2D eigenvalue weighted by atomic mass is 32.2. The van der Waals surface area contributed by atoms with Crippen molar-refractivity contribution in [2.45, 2.75) is 12.5 Å². The number of sulfonamides is 1. The van der Waals surface area contributed by atoms with Crippen molar-refractivity contribution in [1.29, 1.82) is 0 Å². The van der Waals surface area contributed by atoms with Gasteiger partial charge in [0.25, 0.3) is 0 Å². The topological polar surface area (TPSA) is 71.4 Å². The van der Waals surface area contributed by atoms with Gasteiger partial charge in [0.2, 0.25) is 15.9 Å². The van der Waals surface area contributed by atoms with Gasteiger partial charge in [-0.25, -0.2) is 12.7 Å². The molecule has 8 heteroatoms. The van der Waals surface area contributed by atoms with Crippen LogP contribution >= 0.6 is 11.3 Å². The van der Waals surface area contributed by atoms with Crippen LogP contribution in [0.5, 0.6) is 0 Å². The third-order valence-electron chi connectivity index (χ3n) is 3.53. The molecule has 0 bridgehead atoms. The molecule has 0 aliphatic rings. The van der Waals surface area contributed by atoms with E-state index in [9.17, 15) is 13.2 Å². The first kappa shape index (κ1) is 17.7. The number of carbonyl (C=O) groups is 1. The van der Waals surface area contributed by atoms with Crippen molar-refractivity contribution in [2.75, 3.05) is 26.4 Å². The number of hydrogen-bond acceptors (Lipinski definition) is 4. The first-order chi connectivity index (χ1) is 10.9. The molecule has 0 fully saturated rings. The molecule has 0 spiro atoms. The van der Waals surface area contributed by atoms with Gasteiger partial charge >= 0.3 is 0 Å². The fraction of sp³-hybridized carbons (Fsp3) is 0.400. The summed E-state index contributed by atoms with van der Waals surface area (Å²) in [4.78, 5) is 12.2. The standard InChI is InChI=1S/C15H21N3O3S2/c1-17(2)23(20,21)10-6-16-15(19)11-14(13-5-9-22-12-13)18-7-3-4-8-18/h3-5,7-9,12,14H,6,10-11H2,1-2H3,(H,16,19). The molecule has 1 atom stereocenters. The second-order valence-corrected chi connectivity index (χ2v) is 8.44. The fourth-order valence-electron chi connectivity index (χ4n) is 2.17. The zero-order chi connectivity index (χ0) is 16.9. The van der Waals surface area contributed by atoms with Crippen molar-refractivity contribution in [3.63, 3.8) is 0 Å². The predicted molar refractivity (Wildman–Crippen MR) is 92.0 cm³/mol. The second-order valence-electron chi connectivity index (χ2n) is 5.36. The molecule has 2 heterocycles. The van der Waals surface area contributed by atoms with Gasteiger partial charge in [-0.2, -0.15) is 11.3 Å². The van der Waals surface area contributed by atoms with Crippen LogP contribution in [0.15, 0.2) is 41.4 Å². The Kier molecular flexibility index (Phi) is 5.97. The van der Waals surface area contributed by atoms with Gasteiger partial charge in [0, 0.05) is 33.0 Å². The highest BCUT2D eigenvalue weighted by Gasteiger charge is 2.19. The Labute approximate surface area is 140 Å². The Morgan fingerprint density at radius 3 is 2.61 bits per heavy atom. The molecular formula is C15H21N3O3S2. The van der Waals surface area contributed by atoms with Crippen LogP contribution < -0.4 is 5.32 Å². The number of amides is 1. The molecule has 2 aromatic rings. The lowest BCUT2D eigenvalue weighted by molar-refractivity contribution is -0.121. The van der Waals surface area contributed by atoms with Crippen molar-refractivity contribution >= 4 is 27.3 Å². The number of rotatable bonds is 8. The van der Waals surface area contributed by atoms with Crippen molar-refractivity contribution in [2.24, 2.45) is 0 Å². The van der Waals surface area contributed by atoms with Crippen LogP contribution in [0.1, 0.15) is 18.0 Å². The summed E-state index contributed by atoms with van der Waals surface area (Å²) in [5.74, 6) is -0.262. The van der Waals surface area contributed by atoms with Crippen LogP contribution in [0.3, 0.4) is 0 Å². The molecule has 23 heavy (non-hydrogen) atoms. The first-order valence-electron chi connectivity index (χ1n) is 7.21. The zero-order valence-corrected chi connectivity index (χ0v) is 14.8. The summed E-state index contributed by atoms with van der Waals surface area (Å²) in [6.07, 6.45) is 4.12. The van der Waals surface area contributed by atoms with Crippen LogP contribution in [0.25, 0.3) is 0 Å². The van der Waals surface area contributed by atoms with Crippen molar-refractivity contribution in [1.82, 2.24) is 14.2 Å². The third-order valence-corrected chi connectivity index (χ3v) is 6.07. The van der Waals surface area contributed by atoms with Gasteiger partial charge in [0.05, 0.1) is 18.2 Å². The molecule has 0 saturated carbocycles. The molecule has 1 unspecified atom stereocenters. The van der Waals surface area contributed by atoms with Gasteiger partial charge in [-0.1, -0.05) is 0 Å². The Morgan fingerprint density at radius 1 is 1.35 bits per heavy atom. The average Bonchev–Trinajstić information content (AvgIpc) is 3.18. The van der Waals surface area contributed by atoms with Crippen molar-refractivity contribution < 1.29 is 13.2 Å². The Morgan fingerprint density at radius 2 is 2.04 bits per heavy atom. The van der Waals surface area contributed by atoms with Gasteiger partial charge in [-0.05, 0) is 34.5 Å². The van der Waals surface area contributed by atoms with Gasteiger partial charge in [0.1, 0.15) is 0 Å². The maximum absolute atomic E-state index is 12.2. The Hall–Kier alpha value is -1.64. The van der Waals surface area contributed by atoms with Crippen molar-refractivity contribution in [3.05, 3.63) is 46.9 Å². The van der Waals surface area contributed by atoms with Crippen LogP contribution in [-0.4, -0.2) is 49.6 Å². The summed E-state index contributed by atoms with van der Waals surface area (Å²) in [6.45, 7) is 0.112. The van der Waals surface area contributed by atoms with Gasteiger partial charge < -0.3 is 9.88 Å². The summed E-state index contributed by atoms with van der Waals surface area (Å²) >= 11 is 1.59. The van der Waals surface area contributed by atoms with Gasteiger partial charge in [0.15, 0.2) is 0 Å². The minimum absolute atomic E-state index is 0.0818. The lowest BCUT2D eigenvalue weighted by Gasteiger charge is -2.18. The maximum Gasteiger partial charge on any atom is 0.222 e. The lowest BCUT2D eigenvalue weighted by atomic mass is 10.1. The fourth-order valence-corrected chi connectivity index (χ4v) is 3.60. The quantitative estimate of drug-likeness (QED) is 0.781. The molecule has 1 amide bonds. The molecule has 126 valence electrons. The summed E-state index contributed by atoms with van der Waals surface area (Å²) in [5.41, 5.74) is 1.07. The number of nitrogens with zero attached hydrogens (tertiary/aromatic N) is 2. The number of thiophene rings is 1. The van der Waals surface area contributed by atoms with E-state index in [1.54, 1.807) is 11.3 Å². The van der Waals surface area contributed by atoms with E-state index in [0.717, 1.165) is 9.87 Å². The Bertz CT molecular complexity index is 673. The monoisotopic (exact) mass is 355 g/mol. The number of hydrogen-bond donors (Lipinski definition) is 1. The minimum Gasteiger partial charge on any atom is -0.355 e. The minimum atomic E-state index is -3.29. The van der Waals surface area contributed by atoms with E-state index in [0.29, 0.717) is 0 Å². The summed E-state index contributed by atoms with van der Waals surface area (Å²) in [7, 11) is -0.330. The van der Waals surface area contributed by atoms with E-state index < -0.39 is 10.0 Å². The summed E-state index contributed by atoms with van der Waals surface area (Å²) in [6, 6.07) is 5.75. The average molecular weight is 355 g/mol. The van der Waals surface area contributed by atoms with Crippen LogP contribution in [0, 0.1) is 0 Å². The molecule has 0 aromatic carbocycles. The Balaban J connectivity index is 1.94. The largest absolute Gasteiger partial charge is 0.355 e. The van der Waals surface area contributed by atoms with Crippen molar-refractivity contribution in [3.8, 4) is 0 Å². The van der Waals surface area contributed by atoms with E-state index in [2.05, 4.69) is 5.32 Å². The maximum atomic E-state index is 12.2. The summed E-state index contributed by atoms with van der Waals surface area (Å²) in [5, 5.41) is 6.70. The van der Waals surface area contributed by atoms with E-state index >= 15 is 0 Å². The zero-order valence-electron chi connectivity index (χ0n) is 13.2. The lowest BCUT2D eigenvalue weighted by Crippen LogP contribution is -2.34. The molecule has 2 aromatic heterocycles. The smallest absolute Gasteiger partial charge is 0.222 e. The van der Waals surface area contributed by atoms with Crippen LogP contribution in [0.4, 0.5) is 0 Å². The number of carbonyl (C=O) groups excluding carboxylic acids is 1. The first-order valence-corrected chi connectivity index (χ1v) is 9.77. The molecule has 1 N–H and O–H groups in total. The predicted octanol–water partition coefficient (Wildman–Crippen LogP) is 1.54. The van der Waals surface area contributed by atoms with Crippen LogP contribution in [-0.2, 0) is 14.8 Å². The van der Waals surface area contributed by atoms with E-state index in [1.807, 2.05) is 45.9 Å². The van der Waals surface area contributed by atoms with Crippen LogP contribution in [0.2, 0.25) is 0 Å². The molecule has 2 rings (SSSR count). The number of nitrogens with one attached hydrogen (secondary N) is 1. The van der Waals surface area contributed by atoms with Gasteiger partial charge in [-0.3, -0.25) is 4.79 Å². The normalized spacial score (nSPS) is 13.2. The molecule has 6 nitrogen and oxygen atoms in total. The number of aromatic nitrogens is 1. The van der Waals surface area contributed by atoms with E-state index in [-0.39, 0.29) is 30.7 Å². The second kappa shape index (κ2) is 7.76. The molecule has 0 aliphatic heterocycles. The molecular weight excluding hydrogens is 334 g/mol. The van der Waals surface area contributed by atoms with E-state index in [4.69, 9.17) is 0 Å². The SMILES string of the molecule is CN(C)S(=O)(=O)CCNC(=O)CC(c1ccsc1)n1cccc1. The highest BCUT2D eigenvalue weighted by molar-refractivity contribution is 7.89.